The minimum Gasteiger partial charge on any atom is -0.386 e. The van der Waals surface area contributed by atoms with Crippen molar-refractivity contribution >= 4 is 11.7 Å². The quantitative estimate of drug-likeness (QED) is 0.830. The number of nitrogens with one attached hydrogen (secondary N) is 1. The lowest BCUT2D eigenvalue weighted by atomic mass is 10.0. The largest absolute Gasteiger partial charge is 0.386 e. The summed E-state index contributed by atoms with van der Waals surface area (Å²) in [5, 5.41) is 12.6. The van der Waals surface area contributed by atoms with Crippen molar-refractivity contribution in [3.8, 4) is 0 Å². The molecule has 1 aromatic carbocycles. The first-order valence-electron chi connectivity index (χ1n) is 6.71. The number of aliphatic hydroxyl groups excluding tert-OH is 1. The number of nitrogens with zero attached hydrogens (tertiary/aromatic N) is 1. The maximum atomic E-state index is 13.1. The van der Waals surface area contributed by atoms with Crippen LogP contribution in [0.15, 0.2) is 18.2 Å². The second kappa shape index (κ2) is 6.55. The van der Waals surface area contributed by atoms with E-state index in [0.717, 1.165) is 12.1 Å². The number of carbonyl (C=O) groups excluding carboxylic acids is 1. The molecule has 0 saturated carbocycles. The number of carbonyl (C=O) groups is 1. The number of halogens is 2. The van der Waals surface area contributed by atoms with E-state index < -0.39 is 29.6 Å². The summed E-state index contributed by atoms with van der Waals surface area (Å²) in [5.41, 5.74) is 0.133. The molecule has 1 unspecified atom stereocenters. The van der Waals surface area contributed by atoms with Crippen LogP contribution in [0.2, 0.25) is 0 Å². The van der Waals surface area contributed by atoms with E-state index in [-0.39, 0.29) is 25.2 Å². The number of ether oxygens (including phenoxy) is 2. The van der Waals surface area contributed by atoms with Gasteiger partial charge in [0.25, 0.3) is 0 Å². The SMILES string of the molecule is COC1(OC)CCN(C(=O)Nc2ccc(F)c(F)c2)CC1O. The number of likely N-dealkylation sites (tertiary alicyclic amines) is 1. The van der Waals surface area contributed by atoms with Gasteiger partial charge in [0.15, 0.2) is 17.4 Å². The van der Waals surface area contributed by atoms with Crippen molar-refractivity contribution in [3.63, 3.8) is 0 Å². The maximum absolute atomic E-state index is 13.1. The molecule has 0 aromatic heterocycles. The van der Waals surface area contributed by atoms with Crippen LogP contribution < -0.4 is 5.32 Å². The molecular weight excluding hydrogens is 298 g/mol. The molecule has 0 bridgehead atoms. The molecule has 6 nitrogen and oxygen atoms in total. The van der Waals surface area contributed by atoms with Crippen LogP contribution in [-0.2, 0) is 9.47 Å². The molecule has 1 heterocycles. The van der Waals surface area contributed by atoms with E-state index in [1.165, 1.54) is 25.2 Å². The Morgan fingerprint density at radius 1 is 1.36 bits per heavy atom. The third kappa shape index (κ3) is 3.18. The highest BCUT2D eigenvalue weighted by atomic mass is 19.2. The number of urea groups is 1. The number of methoxy groups -OCH3 is 2. The summed E-state index contributed by atoms with van der Waals surface area (Å²) in [7, 11) is 2.84. The highest BCUT2D eigenvalue weighted by Gasteiger charge is 2.44. The summed E-state index contributed by atoms with van der Waals surface area (Å²) >= 11 is 0. The minimum absolute atomic E-state index is 0.00279. The van der Waals surface area contributed by atoms with Gasteiger partial charge in [-0.3, -0.25) is 0 Å². The fourth-order valence-corrected chi connectivity index (χ4v) is 2.42. The molecule has 8 heteroatoms. The van der Waals surface area contributed by atoms with Gasteiger partial charge in [-0.2, -0.15) is 0 Å². The summed E-state index contributed by atoms with van der Waals surface area (Å²) < 4.78 is 36.3. The van der Waals surface area contributed by atoms with E-state index in [0.29, 0.717) is 0 Å². The lowest BCUT2D eigenvalue weighted by Gasteiger charge is -2.43. The zero-order valence-corrected chi connectivity index (χ0v) is 12.3. The molecular formula is C14H18F2N2O4. The van der Waals surface area contributed by atoms with Gasteiger partial charge < -0.3 is 24.8 Å². The van der Waals surface area contributed by atoms with Crippen LogP contribution in [0.4, 0.5) is 19.3 Å². The summed E-state index contributed by atoms with van der Waals surface area (Å²) in [6.45, 7) is 0.283. The molecule has 2 amide bonds. The Labute approximate surface area is 126 Å². The highest BCUT2D eigenvalue weighted by molar-refractivity contribution is 5.89. The Morgan fingerprint density at radius 3 is 2.59 bits per heavy atom. The predicted molar refractivity (Wildman–Crippen MR) is 74.3 cm³/mol. The fraction of sp³-hybridized carbons (Fsp3) is 0.500. The Morgan fingerprint density at radius 2 is 2.05 bits per heavy atom. The zero-order valence-electron chi connectivity index (χ0n) is 12.3. The molecule has 122 valence electrons. The van der Waals surface area contributed by atoms with Crippen molar-refractivity contribution < 1.29 is 28.2 Å². The first-order chi connectivity index (χ1) is 10.4. The predicted octanol–water partition coefficient (Wildman–Crippen LogP) is 1.55. The van der Waals surface area contributed by atoms with Gasteiger partial charge in [-0.25, -0.2) is 13.6 Å². The van der Waals surface area contributed by atoms with E-state index in [9.17, 15) is 18.7 Å². The lowest BCUT2D eigenvalue weighted by Crippen LogP contribution is -2.59. The molecule has 0 aliphatic carbocycles. The van der Waals surface area contributed by atoms with E-state index in [4.69, 9.17) is 9.47 Å². The monoisotopic (exact) mass is 316 g/mol. The third-order valence-corrected chi connectivity index (χ3v) is 3.78. The van der Waals surface area contributed by atoms with Crippen LogP contribution in [0, 0.1) is 11.6 Å². The van der Waals surface area contributed by atoms with Gasteiger partial charge in [0, 0.05) is 38.9 Å². The molecule has 1 saturated heterocycles. The third-order valence-electron chi connectivity index (χ3n) is 3.78. The van der Waals surface area contributed by atoms with Crippen LogP contribution in [0.1, 0.15) is 6.42 Å². The van der Waals surface area contributed by atoms with Crippen molar-refractivity contribution in [1.82, 2.24) is 4.90 Å². The zero-order chi connectivity index (χ0) is 16.3. The Kier molecular flexibility index (Phi) is 4.94. The molecule has 0 spiro atoms. The second-order valence-electron chi connectivity index (χ2n) is 4.99. The molecule has 2 N–H and O–H groups in total. The fourth-order valence-electron chi connectivity index (χ4n) is 2.42. The number of benzene rings is 1. The van der Waals surface area contributed by atoms with Crippen LogP contribution in [0.25, 0.3) is 0 Å². The lowest BCUT2D eigenvalue weighted by molar-refractivity contribution is -0.275. The van der Waals surface area contributed by atoms with Gasteiger partial charge in [0.05, 0.1) is 6.54 Å². The minimum atomic E-state index is -1.14. The smallest absolute Gasteiger partial charge is 0.321 e. The van der Waals surface area contributed by atoms with Crippen LogP contribution in [-0.4, -0.2) is 55.2 Å². The second-order valence-corrected chi connectivity index (χ2v) is 4.99. The molecule has 1 aliphatic heterocycles. The first kappa shape index (κ1) is 16.6. The number of piperidine rings is 1. The van der Waals surface area contributed by atoms with Gasteiger partial charge in [-0.05, 0) is 12.1 Å². The van der Waals surface area contributed by atoms with Gasteiger partial charge in [0.2, 0.25) is 0 Å². The number of hydrogen-bond donors (Lipinski definition) is 2. The molecule has 1 atom stereocenters. The summed E-state index contributed by atoms with van der Waals surface area (Å²) in [6.07, 6.45) is -0.737. The molecule has 1 aromatic rings. The van der Waals surface area contributed by atoms with Crippen LogP contribution in [0.3, 0.4) is 0 Å². The van der Waals surface area contributed by atoms with Gasteiger partial charge in [-0.1, -0.05) is 0 Å². The van der Waals surface area contributed by atoms with Gasteiger partial charge in [0.1, 0.15) is 6.10 Å². The summed E-state index contributed by atoms with van der Waals surface area (Å²) in [6, 6.07) is 2.55. The number of amides is 2. The summed E-state index contributed by atoms with van der Waals surface area (Å²) in [5.74, 6) is -3.18. The average molecular weight is 316 g/mol. The van der Waals surface area contributed by atoms with Crippen LogP contribution in [0.5, 0.6) is 0 Å². The number of β-amino-alcohol motifs (C(OH)–C–C–N with tert-alkyl or cyclic N) is 1. The average Bonchev–Trinajstić information content (AvgIpc) is 2.51. The van der Waals surface area contributed by atoms with Gasteiger partial charge >= 0.3 is 6.03 Å². The summed E-state index contributed by atoms with van der Waals surface area (Å²) in [4.78, 5) is 13.5. The molecule has 22 heavy (non-hydrogen) atoms. The van der Waals surface area contributed by atoms with Crippen molar-refractivity contribution in [2.45, 2.75) is 18.3 Å². The number of rotatable bonds is 3. The number of hydrogen-bond acceptors (Lipinski definition) is 4. The molecule has 0 radical (unpaired) electrons. The molecule has 1 aliphatic rings. The number of anilines is 1. The van der Waals surface area contributed by atoms with E-state index in [2.05, 4.69) is 5.32 Å². The highest BCUT2D eigenvalue weighted by Crippen LogP contribution is 2.27. The van der Waals surface area contributed by atoms with Gasteiger partial charge in [-0.15, -0.1) is 0 Å². The number of aliphatic hydroxyl groups is 1. The van der Waals surface area contributed by atoms with Crippen molar-refractivity contribution in [2.24, 2.45) is 0 Å². The Balaban J connectivity index is 2.01. The maximum Gasteiger partial charge on any atom is 0.321 e. The molecule has 1 fully saturated rings. The van der Waals surface area contributed by atoms with Crippen molar-refractivity contribution in [2.75, 3.05) is 32.6 Å². The Bertz CT molecular complexity index is 552. The van der Waals surface area contributed by atoms with E-state index >= 15 is 0 Å². The van der Waals surface area contributed by atoms with Crippen molar-refractivity contribution in [3.05, 3.63) is 29.8 Å². The Hall–Kier alpha value is -1.77. The normalized spacial score (nSPS) is 20.8. The first-order valence-corrected chi connectivity index (χ1v) is 6.71. The molecule has 2 rings (SSSR count). The topological polar surface area (TPSA) is 71.0 Å². The van der Waals surface area contributed by atoms with E-state index in [1.54, 1.807) is 0 Å². The van der Waals surface area contributed by atoms with E-state index in [1.807, 2.05) is 0 Å². The van der Waals surface area contributed by atoms with Crippen molar-refractivity contribution in [1.29, 1.82) is 0 Å². The van der Waals surface area contributed by atoms with Crippen LogP contribution >= 0.6 is 0 Å². The standard InChI is InChI=1S/C14H18F2N2O4/c1-21-14(22-2)5-6-18(8-12(14)19)13(20)17-9-3-4-10(15)11(16)7-9/h3-4,7,12,19H,5-6,8H2,1-2H3,(H,17,20).